The van der Waals surface area contributed by atoms with Gasteiger partial charge in [0.1, 0.15) is 12.9 Å². The second-order valence-electron chi connectivity index (χ2n) is 7.13. The maximum Gasteiger partial charge on any atom is 0.414 e. The molecule has 0 spiro atoms. The maximum absolute atomic E-state index is 12.8. The van der Waals surface area contributed by atoms with E-state index in [9.17, 15) is 9.59 Å². The number of halogens is 1. The Kier molecular flexibility index (Phi) is 5.41. The zero-order chi connectivity index (χ0) is 20.5. The highest BCUT2D eigenvalue weighted by atomic mass is 127. The highest BCUT2D eigenvalue weighted by Gasteiger charge is 2.29. The average Bonchev–Trinajstić information content (AvgIpc) is 3.07. The van der Waals surface area contributed by atoms with Crippen LogP contribution in [0.4, 0.5) is 10.5 Å². The van der Waals surface area contributed by atoms with Gasteiger partial charge in [-0.2, -0.15) is 0 Å². The standard InChI is InChI=1S/C24H20INO3/c1-15-22(25)11-16(13-27)12-23(15)26(2)24(28)29-14-21-19-9-5-3-7-17(19)18-8-4-6-10-20(18)21/h3-13,21H,14H2,1-2H3. The van der Waals surface area contributed by atoms with Crippen LogP contribution in [-0.2, 0) is 4.74 Å². The number of benzene rings is 3. The molecule has 5 heteroatoms. The van der Waals surface area contributed by atoms with E-state index in [1.807, 2.05) is 31.2 Å². The predicted molar refractivity (Wildman–Crippen MR) is 123 cm³/mol. The average molecular weight is 497 g/mol. The number of aldehydes is 1. The van der Waals surface area contributed by atoms with Crippen molar-refractivity contribution in [3.05, 3.63) is 86.5 Å². The molecular weight excluding hydrogens is 477 g/mol. The third kappa shape index (κ3) is 3.55. The van der Waals surface area contributed by atoms with Crippen molar-refractivity contribution >= 4 is 40.7 Å². The van der Waals surface area contributed by atoms with E-state index >= 15 is 0 Å². The van der Waals surface area contributed by atoms with Crippen LogP contribution in [0, 0.1) is 10.5 Å². The third-order valence-electron chi connectivity index (χ3n) is 5.45. The van der Waals surface area contributed by atoms with E-state index in [1.54, 1.807) is 19.2 Å². The molecule has 0 bridgehead atoms. The number of amides is 1. The van der Waals surface area contributed by atoms with Crippen LogP contribution in [0.15, 0.2) is 60.7 Å². The summed E-state index contributed by atoms with van der Waals surface area (Å²) in [6.45, 7) is 2.19. The molecule has 0 heterocycles. The van der Waals surface area contributed by atoms with Gasteiger partial charge in [-0.25, -0.2) is 4.79 Å². The first-order valence-corrected chi connectivity index (χ1v) is 10.4. The number of carbonyl (C=O) groups excluding carboxylic acids is 2. The van der Waals surface area contributed by atoms with Crippen LogP contribution >= 0.6 is 22.6 Å². The molecule has 0 fully saturated rings. The van der Waals surface area contributed by atoms with Gasteiger partial charge in [-0.3, -0.25) is 9.69 Å². The molecule has 29 heavy (non-hydrogen) atoms. The molecule has 1 amide bonds. The van der Waals surface area contributed by atoms with Crippen LogP contribution < -0.4 is 4.90 Å². The summed E-state index contributed by atoms with van der Waals surface area (Å²) < 4.78 is 6.65. The molecule has 0 saturated carbocycles. The van der Waals surface area contributed by atoms with Gasteiger partial charge in [0.05, 0.1) is 5.69 Å². The van der Waals surface area contributed by atoms with Gasteiger partial charge in [0, 0.05) is 22.1 Å². The Morgan fingerprint density at radius 3 is 2.24 bits per heavy atom. The fraction of sp³-hybridized carbons (Fsp3) is 0.167. The van der Waals surface area contributed by atoms with Crippen LogP contribution in [0.25, 0.3) is 11.1 Å². The molecule has 0 aromatic heterocycles. The normalized spacial score (nSPS) is 12.2. The minimum absolute atomic E-state index is 0.0160. The number of ether oxygens (including phenoxy) is 1. The summed E-state index contributed by atoms with van der Waals surface area (Å²) >= 11 is 2.17. The van der Waals surface area contributed by atoms with Gasteiger partial charge in [-0.05, 0) is 69.5 Å². The van der Waals surface area contributed by atoms with Crippen molar-refractivity contribution in [2.75, 3.05) is 18.6 Å². The molecular formula is C24H20INO3. The van der Waals surface area contributed by atoms with Gasteiger partial charge in [0.15, 0.2) is 0 Å². The topological polar surface area (TPSA) is 46.6 Å². The largest absolute Gasteiger partial charge is 0.448 e. The predicted octanol–water partition coefficient (Wildman–Crippen LogP) is 5.80. The number of hydrogen-bond donors (Lipinski definition) is 0. The summed E-state index contributed by atoms with van der Waals surface area (Å²) in [5.74, 6) is 0.0160. The zero-order valence-corrected chi connectivity index (χ0v) is 18.3. The van der Waals surface area contributed by atoms with Crippen LogP contribution in [0.3, 0.4) is 0 Å². The van der Waals surface area contributed by atoms with Crippen LogP contribution in [0.2, 0.25) is 0 Å². The summed E-state index contributed by atoms with van der Waals surface area (Å²) in [6, 6.07) is 20.0. The van der Waals surface area contributed by atoms with Gasteiger partial charge in [-0.1, -0.05) is 48.5 Å². The first kappa shape index (κ1) is 19.6. The lowest BCUT2D eigenvalue weighted by atomic mass is 9.98. The number of nitrogens with zero attached hydrogens (tertiary/aromatic N) is 1. The molecule has 1 aliphatic carbocycles. The lowest BCUT2D eigenvalue weighted by molar-refractivity contribution is 0.112. The van der Waals surface area contributed by atoms with Crippen molar-refractivity contribution in [3.8, 4) is 11.1 Å². The Morgan fingerprint density at radius 2 is 1.66 bits per heavy atom. The summed E-state index contributed by atoms with van der Waals surface area (Å²) in [6.07, 6.45) is 0.352. The smallest absolute Gasteiger partial charge is 0.414 e. The third-order valence-corrected chi connectivity index (χ3v) is 6.57. The SMILES string of the molecule is Cc1c(I)cc(C=O)cc1N(C)C(=O)OCC1c2ccccc2-c2ccccc21. The Hall–Kier alpha value is -2.67. The van der Waals surface area contributed by atoms with Gasteiger partial charge in [0.2, 0.25) is 0 Å². The van der Waals surface area contributed by atoms with E-state index < -0.39 is 6.09 Å². The van der Waals surface area contributed by atoms with E-state index in [2.05, 4.69) is 46.9 Å². The Bertz CT molecular complexity index is 1060. The summed E-state index contributed by atoms with van der Waals surface area (Å²) in [5.41, 5.74) is 6.90. The number of hydrogen-bond acceptors (Lipinski definition) is 3. The van der Waals surface area contributed by atoms with Gasteiger partial charge in [-0.15, -0.1) is 0 Å². The van der Waals surface area contributed by atoms with E-state index in [0.29, 0.717) is 11.3 Å². The second kappa shape index (κ2) is 7.99. The van der Waals surface area contributed by atoms with Crippen molar-refractivity contribution in [1.29, 1.82) is 0 Å². The van der Waals surface area contributed by atoms with Crippen LogP contribution in [0.5, 0.6) is 0 Å². The first-order chi connectivity index (χ1) is 14.0. The molecule has 0 unspecified atom stereocenters. The number of anilines is 1. The number of rotatable bonds is 4. The zero-order valence-electron chi connectivity index (χ0n) is 16.2. The maximum atomic E-state index is 12.8. The van der Waals surface area contributed by atoms with Crippen molar-refractivity contribution < 1.29 is 14.3 Å². The van der Waals surface area contributed by atoms with E-state index in [0.717, 1.165) is 15.4 Å². The minimum Gasteiger partial charge on any atom is -0.448 e. The Morgan fingerprint density at radius 1 is 1.07 bits per heavy atom. The molecule has 146 valence electrons. The van der Waals surface area contributed by atoms with Crippen LogP contribution in [0.1, 0.15) is 33.0 Å². The molecule has 0 atom stereocenters. The molecule has 3 aromatic rings. The Labute approximate surface area is 183 Å². The lowest BCUT2D eigenvalue weighted by Crippen LogP contribution is -2.29. The molecule has 0 radical (unpaired) electrons. The molecule has 4 rings (SSSR count). The summed E-state index contributed by atoms with van der Waals surface area (Å²) in [5, 5.41) is 0. The molecule has 4 nitrogen and oxygen atoms in total. The first-order valence-electron chi connectivity index (χ1n) is 9.35. The van der Waals surface area contributed by atoms with Crippen molar-refractivity contribution in [2.24, 2.45) is 0 Å². The molecule has 3 aromatic carbocycles. The van der Waals surface area contributed by atoms with Gasteiger partial charge in [0.25, 0.3) is 0 Å². The summed E-state index contributed by atoms with van der Waals surface area (Å²) in [4.78, 5) is 25.5. The highest BCUT2D eigenvalue weighted by Crippen LogP contribution is 2.44. The molecule has 0 saturated heterocycles. The van der Waals surface area contributed by atoms with Crippen molar-refractivity contribution in [3.63, 3.8) is 0 Å². The van der Waals surface area contributed by atoms with Gasteiger partial charge < -0.3 is 4.74 Å². The Balaban J connectivity index is 1.56. The summed E-state index contributed by atoms with van der Waals surface area (Å²) in [7, 11) is 1.67. The number of fused-ring (bicyclic) bond motifs is 3. The number of carbonyl (C=O) groups is 2. The highest BCUT2D eigenvalue weighted by molar-refractivity contribution is 14.1. The molecule has 0 aliphatic heterocycles. The van der Waals surface area contributed by atoms with E-state index in [4.69, 9.17) is 4.74 Å². The van der Waals surface area contributed by atoms with Crippen LogP contribution in [-0.4, -0.2) is 26.0 Å². The van der Waals surface area contributed by atoms with E-state index in [1.165, 1.54) is 27.2 Å². The fourth-order valence-corrected chi connectivity index (χ4v) is 4.53. The minimum atomic E-state index is -0.436. The molecule has 1 aliphatic rings. The van der Waals surface area contributed by atoms with E-state index in [-0.39, 0.29) is 12.5 Å². The fourth-order valence-electron chi connectivity index (χ4n) is 3.89. The monoisotopic (exact) mass is 497 g/mol. The van der Waals surface area contributed by atoms with Crippen molar-refractivity contribution in [2.45, 2.75) is 12.8 Å². The van der Waals surface area contributed by atoms with Gasteiger partial charge >= 0.3 is 6.09 Å². The lowest BCUT2D eigenvalue weighted by Gasteiger charge is -2.22. The quantitative estimate of drug-likeness (QED) is 0.338. The second-order valence-corrected chi connectivity index (χ2v) is 8.29. The van der Waals surface area contributed by atoms with Crippen molar-refractivity contribution in [1.82, 2.24) is 0 Å². The molecule has 0 N–H and O–H groups in total.